The smallest absolute Gasteiger partial charge is 0.284 e. The highest BCUT2D eigenvalue weighted by atomic mass is 32.2. The third-order valence-electron chi connectivity index (χ3n) is 4.61. The molecule has 0 saturated carbocycles. The van der Waals surface area contributed by atoms with Gasteiger partial charge in [0.2, 0.25) is 0 Å². The van der Waals surface area contributed by atoms with E-state index in [0.717, 1.165) is 39.6 Å². The summed E-state index contributed by atoms with van der Waals surface area (Å²) in [7, 11) is 0. The van der Waals surface area contributed by atoms with Gasteiger partial charge in [-0.2, -0.15) is 13.2 Å². The SMILES string of the molecule is Fc1cccnc1CN1CSc2ccc(-c3ccc(C(F)(F)F)cc3)cc2C1. The number of benzene rings is 2. The van der Waals surface area contributed by atoms with Crippen LogP contribution in [0.1, 0.15) is 16.8 Å². The van der Waals surface area contributed by atoms with Crippen LogP contribution in [0, 0.1) is 5.82 Å². The Bertz CT molecular complexity index is 986. The van der Waals surface area contributed by atoms with Gasteiger partial charge in [0, 0.05) is 30.1 Å². The second-order valence-electron chi connectivity index (χ2n) is 6.59. The minimum atomic E-state index is -4.34. The largest absolute Gasteiger partial charge is 0.416 e. The minimum absolute atomic E-state index is 0.322. The van der Waals surface area contributed by atoms with Gasteiger partial charge in [-0.1, -0.05) is 18.2 Å². The maximum absolute atomic E-state index is 13.9. The summed E-state index contributed by atoms with van der Waals surface area (Å²) < 4.78 is 52.1. The zero-order valence-corrected chi connectivity index (χ0v) is 15.5. The molecule has 144 valence electrons. The maximum Gasteiger partial charge on any atom is 0.416 e. The van der Waals surface area contributed by atoms with Crippen molar-refractivity contribution in [3.63, 3.8) is 0 Å². The maximum atomic E-state index is 13.9. The lowest BCUT2D eigenvalue weighted by molar-refractivity contribution is -0.137. The summed E-state index contributed by atoms with van der Waals surface area (Å²) in [6.45, 7) is 1.04. The molecule has 0 bridgehead atoms. The molecule has 0 aliphatic carbocycles. The fraction of sp³-hybridized carbons (Fsp3) is 0.190. The third kappa shape index (κ3) is 4.05. The molecule has 2 nitrogen and oxygen atoms in total. The number of thioether (sulfide) groups is 1. The number of nitrogens with zero attached hydrogens (tertiary/aromatic N) is 2. The quantitative estimate of drug-likeness (QED) is 0.500. The number of aromatic nitrogens is 1. The first-order valence-electron chi connectivity index (χ1n) is 8.65. The van der Waals surface area contributed by atoms with Gasteiger partial charge < -0.3 is 0 Å². The van der Waals surface area contributed by atoms with Crippen LogP contribution in [-0.2, 0) is 19.3 Å². The molecule has 3 aromatic rings. The number of hydrogen-bond donors (Lipinski definition) is 0. The molecule has 0 N–H and O–H groups in total. The van der Waals surface area contributed by atoms with Crippen LogP contribution in [0.25, 0.3) is 11.1 Å². The Kier molecular flexibility index (Phi) is 5.12. The Morgan fingerprint density at radius 2 is 1.75 bits per heavy atom. The number of rotatable bonds is 3. The van der Waals surface area contributed by atoms with E-state index in [0.29, 0.717) is 18.8 Å². The van der Waals surface area contributed by atoms with E-state index in [9.17, 15) is 17.6 Å². The van der Waals surface area contributed by atoms with E-state index in [2.05, 4.69) is 9.88 Å². The summed E-state index contributed by atoms with van der Waals surface area (Å²) in [5, 5.41) is 0. The standard InChI is InChI=1S/C21H16F4N2S/c22-18-2-1-9-26-19(18)12-27-11-16-10-15(5-8-20(16)28-13-27)14-3-6-17(7-4-14)21(23,24)25/h1-10H,11-13H2. The molecule has 0 saturated heterocycles. The Balaban J connectivity index is 1.54. The molecule has 0 radical (unpaired) electrons. The summed E-state index contributed by atoms with van der Waals surface area (Å²) in [5.74, 6) is 0.402. The van der Waals surface area contributed by atoms with Gasteiger partial charge >= 0.3 is 6.18 Å². The topological polar surface area (TPSA) is 16.1 Å². The van der Waals surface area contributed by atoms with Crippen molar-refractivity contribution in [1.82, 2.24) is 9.88 Å². The molecule has 0 spiro atoms. The number of pyridine rings is 1. The highest BCUT2D eigenvalue weighted by Gasteiger charge is 2.30. The van der Waals surface area contributed by atoms with Crippen LogP contribution in [0.3, 0.4) is 0 Å². The van der Waals surface area contributed by atoms with Gasteiger partial charge in [-0.15, -0.1) is 11.8 Å². The van der Waals surface area contributed by atoms with Crippen molar-refractivity contribution >= 4 is 11.8 Å². The van der Waals surface area contributed by atoms with Crippen molar-refractivity contribution in [2.45, 2.75) is 24.2 Å². The fourth-order valence-electron chi connectivity index (χ4n) is 3.17. The summed E-state index contributed by atoms with van der Waals surface area (Å²) in [6.07, 6.45) is -2.77. The molecular weight excluding hydrogens is 388 g/mol. The van der Waals surface area contributed by atoms with Gasteiger partial charge in [0.05, 0.1) is 11.3 Å². The molecule has 28 heavy (non-hydrogen) atoms. The molecule has 0 atom stereocenters. The highest BCUT2D eigenvalue weighted by molar-refractivity contribution is 7.99. The summed E-state index contributed by atoms with van der Waals surface area (Å²) in [6, 6.07) is 14.0. The molecule has 0 amide bonds. The van der Waals surface area contributed by atoms with Gasteiger partial charge in [0.15, 0.2) is 0 Å². The zero-order chi connectivity index (χ0) is 19.7. The van der Waals surface area contributed by atoms with Crippen LogP contribution in [0.2, 0.25) is 0 Å². The number of fused-ring (bicyclic) bond motifs is 1. The fourth-order valence-corrected chi connectivity index (χ4v) is 4.15. The molecular formula is C21H16F4N2S. The average molecular weight is 404 g/mol. The minimum Gasteiger partial charge on any atom is -0.284 e. The lowest BCUT2D eigenvalue weighted by Crippen LogP contribution is -2.26. The molecule has 4 rings (SSSR count). The number of alkyl halides is 3. The first kappa shape index (κ1) is 19.0. The summed E-state index contributed by atoms with van der Waals surface area (Å²) in [4.78, 5) is 7.33. The van der Waals surface area contributed by atoms with Gasteiger partial charge in [-0.25, -0.2) is 4.39 Å². The lowest BCUT2D eigenvalue weighted by atomic mass is 10.0. The molecule has 7 heteroatoms. The molecule has 1 aliphatic heterocycles. The van der Waals surface area contributed by atoms with Crippen molar-refractivity contribution in [3.8, 4) is 11.1 Å². The van der Waals surface area contributed by atoms with Crippen LogP contribution in [0.5, 0.6) is 0 Å². The van der Waals surface area contributed by atoms with Crippen molar-refractivity contribution in [2.24, 2.45) is 0 Å². The molecule has 1 aliphatic rings. The van der Waals surface area contributed by atoms with Crippen molar-refractivity contribution in [2.75, 3.05) is 5.88 Å². The van der Waals surface area contributed by atoms with Crippen LogP contribution < -0.4 is 0 Å². The van der Waals surface area contributed by atoms with Gasteiger partial charge in [-0.05, 0) is 53.1 Å². The van der Waals surface area contributed by atoms with Gasteiger partial charge in [0.25, 0.3) is 0 Å². The summed E-state index contributed by atoms with van der Waals surface area (Å²) in [5.41, 5.74) is 2.41. The molecule has 0 fully saturated rings. The van der Waals surface area contributed by atoms with E-state index in [1.54, 1.807) is 24.0 Å². The van der Waals surface area contributed by atoms with Crippen molar-refractivity contribution in [3.05, 3.63) is 83.4 Å². The first-order valence-corrected chi connectivity index (χ1v) is 9.64. The van der Waals surface area contributed by atoms with Crippen LogP contribution in [0.4, 0.5) is 17.6 Å². The van der Waals surface area contributed by atoms with Crippen molar-refractivity contribution < 1.29 is 17.6 Å². The predicted molar refractivity (Wildman–Crippen MR) is 101 cm³/mol. The van der Waals surface area contributed by atoms with Crippen molar-refractivity contribution in [1.29, 1.82) is 0 Å². The molecule has 0 unspecified atom stereocenters. The molecule has 2 aromatic carbocycles. The second kappa shape index (κ2) is 7.56. The van der Waals surface area contributed by atoms with E-state index in [1.807, 2.05) is 18.2 Å². The number of hydrogen-bond acceptors (Lipinski definition) is 3. The van der Waals surface area contributed by atoms with Gasteiger partial charge in [-0.3, -0.25) is 9.88 Å². The zero-order valence-electron chi connectivity index (χ0n) is 14.7. The second-order valence-corrected chi connectivity index (χ2v) is 7.58. The van der Waals surface area contributed by atoms with Gasteiger partial charge in [0.1, 0.15) is 5.82 Å². The lowest BCUT2D eigenvalue weighted by Gasteiger charge is -2.28. The van der Waals surface area contributed by atoms with E-state index in [1.165, 1.54) is 18.2 Å². The third-order valence-corrected chi connectivity index (χ3v) is 5.81. The normalized spacial score (nSPS) is 14.7. The molecule has 1 aromatic heterocycles. The summed E-state index contributed by atoms with van der Waals surface area (Å²) >= 11 is 1.66. The number of halogens is 4. The Labute approximate surface area is 164 Å². The Morgan fingerprint density at radius 3 is 2.46 bits per heavy atom. The Morgan fingerprint density at radius 1 is 1.00 bits per heavy atom. The van der Waals surface area contributed by atoms with Crippen LogP contribution in [-0.4, -0.2) is 15.8 Å². The monoisotopic (exact) mass is 404 g/mol. The van der Waals surface area contributed by atoms with E-state index >= 15 is 0 Å². The van der Waals surface area contributed by atoms with E-state index in [4.69, 9.17) is 0 Å². The highest BCUT2D eigenvalue weighted by Crippen LogP contribution is 2.35. The first-order chi connectivity index (χ1) is 13.4. The molecule has 2 heterocycles. The van der Waals surface area contributed by atoms with E-state index in [-0.39, 0.29) is 5.82 Å². The average Bonchev–Trinajstić information content (AvgIpc) is 2.69. The Hall–Kier alpha value is -2.38. The van der Waals surface area contributed by atoms with Crippen LogP contribution in [0.15, 0.2) is 65.7 Å². The van der Waals surface area contributed by atoms with Crippen LogP contribution >= 0.6 is 11.8 Å². The van der Waals surface area contributed by atoms with E-state index < -0.39 is 11.7 Å². The predicted octanol–water partition coefficient (Wildman–Crippen LogP) is 5.97.